The standard InChI is InChI=1S/C18H25N5O2.ClH/c1-14-4-2-5-18(25)22(14)10-3-8-20-17(24)7-6-15-12-16-13-19-9-11-23(16)21-15;/h2,4-5,12,19H,3,6-11,13H2,1H3,(H,20,24);1H. The SMILES string of the molecule is Cc1cccc(=O)n1CCCNC(=O)CCc1cc2n(n1)CCNC2.Cl. The quantitative estimate of drug-likeness (QED) is 0.704. The van der Waals surface area contributed by atoms with Crippen LogP contribution >= 0.6 is 12.4 Å². The van der Waals surface area contributed by atoms with Gasteiger partial charge in [0.2, 0.25) is 5.91 Å². The first kappa shape index (κ1) is 20.2. The van der Waals surface area contributed by atoms with Gasteiger partial charge in [-0.2, -0.15) is 5.10 Å². The highest BCUT2D eigenvalue weighted by Crippen LogP contribution is 2.09. The number of carbonyl (C=O) groups excluding carboxylic acids is 1. The fourth-order valence-corrected chi connectivity index (χ4v) is 3.08. The molecule has 0 unspecified atom stereocenters. The average molecular weight is 380 g/mol. The van der Waals surface area contributed by atoms with Crippen LogP contribution in [0.1, 0.15) is 29.9 Å². The Morgan fingerprint density at radius 1 is 1.38 bits per heavy atom. The Bertz CT molecular complexity index is 776. The molecule has 26 heavy (non-hydrogen) atoms. The minimum Gasteiger partial charge on any atom is -0.356 e. The van der Waals surface area contributed by atoms with Gasteiger partial charge in [-0.3, -0.25) is 14.3 Å². The van der Waals surface area contributed by atoms with Crippen molar-refractivity contribution in [2.24, 2.45) is 0 Å². The lowest BCUT2D eigenvalue weighted by atomic mass is 10.2. The fraction of sp³-hybridized carbons (Fsp3) is 0.500. The van der Waals surface area contributed by atoms with Crippen LogP contribution in [0.5, 0.6) is 0 Å². The summed E-state index contributed by atoms with van der Waals surface area (Å²) in [6.07, 6.45) is 1.83. The van der Waals surface area contributed by atoms with Gasteiger partial charge in [0, 0.05) is 50.8 Å². The maximum Gasteiger partial charge on any atom is 0.250 e. The van der Waals surface area contributed by atoms with Crippen LogP contribution in [0.15, 0.2) is 29.1 Å². The van der Waals surface area contributed by atoms with E-state index in [1.165, 1.54) is 5.69 Å². The van der Waals surface area contributed by atoms with E-state index >= 15 is 0 Å². The van der Waals surface area contributed by atoms with Crippen LogP contribution in [-0.4, -0.2) is 33.3 Å². The lowest BCUT2D eigenvalue weighted by Crippen LogP contribution is -2.28. The maximum absolute atomic E-state index is 12.0. The number of hydrogen-bond donors (Lipinski definition) is 2. The van der Waals surface area contributed by atoms with E-state index in [1.54, 1.807) is 16.7 Å². The van der Waals surface area contributed by atoms with E-state index in [0.717, 1.165) is 37.4 Å². The number of nitrogens with one attached hydrogen (secondary N) is 2. The van der Waals surface area contributed by atoms with Crippen molar-refractivity contribution in [1.29, 1.82) is 0 Å². The second-order valence-corrected chi connectivity index (χ2v) is 6.39. The van der Waals surface area contributed by atoms with Crippen molar-refractivity contribution in [2.45, 2.75) is 45.8 Å². The molecule has 0 saturated heterocycles. The summed E-state index contributed by atoms with van der Waals surface area (Å²) in [5.74, 6) is 0.0289. The Balaban J connectivity index is 0.00000243. The molecule has 0 bridgehead atoms. The Labute approximate surface area is 159 Å². The Morgan fingerprint density at radius 2 is 2.23 bits per heavy atom. The highest BCUT2D eigenvalue weighted by atomic mass is 35.5. The molecule has 0 aromatic carbocycles. The van der Waals surface area contributed by atoms with Crippen LogP contribution in [0.25, 0.3) is 0 Å². The van der Waals surface area contributed by atoms with Gasteiger partial charge in [0.25, 0.3) is 5.56 Å². The van der Waals surface area contributed by atoms with E-state index < -0.39 is 0 Å². The van der Waals surface area contributed by atoms with Gasteiger partial charge in [0.05, 0.1) is 17.9 Å². The van der Waals surface area contributed by atoms with Crippen LogP contribution in [0.3, 0.4) is 0 Å². The second kappa shape index (κ2) is 9.54. The molecule has 0 radical (unpaired) electrons. The predicted octanol–water partition coefficient (Wildman–Crippen LogP) is 1.02. The number of pyridine rings is 1. The molecule has 2 N–H and O–H groups in total. The largest absolute Gasteiger partial charge is 0.356 e. The van der Waals surface area contributed by atoms with Gasteiger partial charge < -0.3 is 15.2 Å². The van der Waals surface area contributed by atoms with E-state index in [0.29, 0.717) is 25.9 Å². The highest BCUT2D eigenvalue weighted by Gasteiger charge is 2.12. The minimum atomic E-state index is 0. The second-order valence-electron chi connectivity index (χ2n) is 6.39. The van der Waals surface area contributed by atoms with Crippen LogP contribution < -0.4 is 16.2 Å². The van der Waals surface area contributed by atoms with E-state index in [-0.39, 0.29) is 23.9 Å². The molecule has 0 atom stereocenters. The van der Waals surface area contributed by atoms with Crippen LogP contribution in [-0.2, 0) is 30.8 Å². The van der Waals surface area contributed by atoms with E-state index in [1.807, 2.05) is 17.7 Å². The smallest absolute Gasteiger partial charge is 0.250 e. The molecule has 8 heteroatoms. The lowest BCUT2D eigenvalue weighted by molar-refractivity contribution is -0.121. The van der Waals surface area contributed by atoms with E-state index in [9.17, 15) is 9.59 Å². The molecule has 0 saturated carbocycles. The zero-order valence-electron chi connectivity index (χ0n) is 15.0. The summed E-state index contributed by atoms with van der Waals surface area (Å²) in [6.45, 7) is 5.78. The first-order chi connectivity index (χ1) is 12.1. The average Bonchev–Trinajstić information content (AvgIpc) is 3.02. The number of fused-ring (bicyclic) bond motifs is 1. The van der Waals surface area contributed by atoms with Crippen molar-refractivity contribution in [3.63, 3.8) is 0 Å². The third-order valence-corrected chi connectivity index (χ3v) is 4.48. The van der Waals surface area contributed by atoms with E-state index in [4.69, 9.17) is 0 Å². The molecular weight excluding hydrogens is 354 g/mol. The summed E-state index contributed by atoms with van der Waals surface area (Å²) >= 11 is 0. The summed E-state index contributed by atoms with van der Waals surface area (Å²) in [4.78, 5) is 23.8. The number of aromatic nitrogens is 3. The molecule has 7 nitrogen and oxygen atoms in total. The molecule has 3 rings (SSSR count). The van der Waals surface area contributed by atoms with E-state index in [2.05, 4.69) is 21.8 Å². The monoisotopic (exact) mass is 379 g/mol. The van der Waals surface area contributed by atoms with Gasteiger partial charge in [0.15, 0.2) is 0 Å². The Hall–Kier alpha value is -2.12. The highest BCUT2D eigenvalue weighted by molar-refractivity contribution is 5.85. The summed E-state index contributed by atoms with van der Waals surface area (Å²) in [5.41, 5.74) is 3.10. The number of hydrogen-bond acceptors (Lipinski definition) is 4. The molecule has 2 aromatic rings. The van der Waals surface area contributed by atoms with Gasteiger partial charge in [-0.15, -0.1) is 12.4 Å². The van der Waals surface area contributed by atoms with Crippen LogP contribution in [0.2, 0.25) is 0 Å². The normalized spacial score (nSPS) is 13.0. The van der Waals surface area contributed by atoms with Crippen molar-refractivity contribution < 1.29 is 4.79 Å². The van der Waals surface area contributed by atoms with Crippen LogP contribution in [0, 0.1) is 6.92 Å². The van der Waals surface area contributed by atoms with Gasteiger partial charge in [0.1, 0.15) is 0 Å². The van der Waals surface area contributed by atoms with Crippen LogP contribution in [0.4, 0.5) is 0 Å². The van der Waals surface area contributed by atoms with Gasteiger partial charge in [-0.05, 0) is 25.5 Å². The minimum absolute atomic E-state index is 0. The number of rotatable bonds is 7. The topological polar surface area (TPSA) is 81.0 Å². The van der Waals surface area contributed by atoms with Gasteiger partial charge in [-0.25, -0.2) is 0 Å². The van der Waals surface area contributed by atoms with Crippen molar-refractivity contribution >= 4 is 18.3 Å². The third-order valence-electron chi connectivity index (χ3n) is 4.48. The van der Waals surface area contributed by atoms with Gasteiger partial charge >= 0.3 is 0 Å². The zero-order valence-corrected chi connectivity index (χ0v) is 15.8. The lowest BCUT2D eigenvalue weighted by Gasteiger charge is -2.13. The molecule has 142 valence electrons. The molecule has 2 aromatic heterocycles. The van der Waals surface area contributed by atoms with Crippen molar-refractivity contribution in [3.05, 3.63) is 51.7 Å². The summed E-state index contributed by atoms with van der Waals surface area (Å²) in [7, 11) is 0. The number of nitrogens with zero attached hydrogens (tertiary/aromatic N) is 3. The van der Waals surface area contributed by atoms with Crippen molar-refractivity contribution in [3.8, 4) is 0 Å². The summed E-state index contributed by atoms with van der Waals surface area (Å²) < 4.78 is 3.75. The molecule has 1 aliphatic heterocycles. The maximum atomic E-state index is 12.0. The molecule has 0 fully saturated rings. The molecule has 3 heterocycles. The first-order valence-corrected chi connectivity index (χ1v) is 8.83. The Morgan fingerprint density at radius 3 is 3.00 bits per heavy atom. The fourth-order valence-electron chi connectivity index (χ4n) is 3.08. The zero-order chi connectivity index (χ0) is 17.6. The number of carbonyl (C=O) groups is 1. The molecule has 0 spiro atoms. The molecule has 0 aliphatic carbocycles. The molecule has 1 aliphatic rings. The summed E-state index contributed by atoms with van der Waals surface area (Å²) in [5, 5.41) is 10.8. The van der Waals surface area contributed by atoms with Crippen molar-refractivity contribution in [2.75, 3.05) is 13.1 Å². The number of aryl methyl sites for hydroxylation is 2. The number of halogens is 1. The van der Waals surface area contributed by atoms with Crippen molar-refractivity contribution in [1.82, 2.24) is 25.0 Å². The molecule has 1 amide bonds. The Kier molecular flexibility index (Phi) is 7.41. The summed E-state index contributed by atoms with van der Waals surface area (Å²) in [6, 6.07) is 7.31. The predicted molar refractivity (Wildman–Crippen MR) is 103 cm³/mol. The third kappa shape index (κ3) is 5.19. The first-order valence-electron chi connectivity index (χ1n) is 8.83. The van der Waals surface area contributed by atoms with Gasteiger partial charge in [-0.1, -0.05) is 6.07 Å². The number of amides is 1. The molecular formula is C18H26ClN5O2.